The van der Waals surface area contributed by atoms with Gasteiger partial charge in [0.1, 0.15) is 5.65 Å². The predicted molar refractivity (Wildman–Crippen MR) is 91.8 cm³/mol. The van der Waals surface area contributed by atoms with E-state index >= 15 is 0 Å². The third-order valence-corrected chi connectivity index (χ3v) is 5.57. The number of aromatic nitrogens is 2. The summed E-state index contributed by atoms with van der Waals surface area (Å²) < 4.78 is 2.41. The highest BCUT2D eigenvalue weighted by Gasteiger charge is 2.29. The maximum absolute atomic E-state index is 4.78. The molecule has 1 aliphatic heterocycles. The van der Waals surface area contributed by atoms with Gasteiger partial charge in [0.15, 0.2) is 0 Å². The number of fused-ring (bicyclic) bond motifs is 3. The van der Waals surface area contributed by atoms with Crippen LogP contribution in [0.25, 0.3) is 27.3 Å². The minimum Gasteiger partial charge on any atom is -0.296 e. The zero-order chi connectivity index (χ0) is 15.0. The van der Waals surface area contributed by atoms with Crippen molar-refractivity contribution >= 4 is 27.3 Å². The van der Waals surface area contributed by atoms with Gasteiger partial charge in [-0.25, -0.2) is 4.98 Å². The molecule has 1 aliphatic rings. The van der Waals surface area contributed by atoms with Crippen LogP contribution in [0.4, 0.5) is 0 Å². The average Bonchev–Trinajstić information content (AvgIpc) is 2.98. The third kappa shape index (κ3) is 1.25. The molecule has 0 fully saturated rings. The fourth-order valence-corrected chi connectivity index (χ4v) is 4.19. The Morgan fingerprint density at radius 2 is 1.73 bits per heavy atom. The molecule has 0 saturated heterocycles. The molecule has 0 N–H and O–H groups in total. The third-order valence-electron chi connectivity index (χ3n) is 5.57. The van der Waals surface area contributed by atoms with Crippen LogP contribution in [0.5, 0.6) is 0 Å². The molecule has 4 aromatic rings. The lowest BCUT2D eigenvalue weighted by Crippen LogP contribution is -2.15. The van der Waals surface area contributed by atoms with E-state index < -0.39 is 0 Å². The predicted octanol–water partition coefficient (Wildman–Crippen LogP) is 5.17. The molecule has 2 unspecified atom stereocenters. The lowest BCUT2D eigenvalue weighted by molar-refractivity contribution is 0.593. The Hall–Kier alpha value is -2.35. The Morgan fingerprint density at radius 1 is 0.955 bits per heavy atom. The molecule has 2 heteroatoms. The SMILES string of the molecule is Cc1ccc2c3c1c1ccccc1c1ncc(n13)C(C)C2C. The first-order valence-corrected chi connectivity index (χ1v) is 7.99. The van der Waals surface area contributed by atoms with Crippen molar-refractivity contribution in [2.75, 3.05) is 0 Å². The first kappa shape index (κ1) is 12.2. The lowest BCUT2D eigenvalue weighted by Gasteiger charge is -2.29. The number of hydrogen-bond acceptors (Lipinski definition) is 1. The van der Waals surface area contributed by atoms with E-state index in [9.17, 15) is 0 Å². The normalized spacial score (nSPS) is 20.5. The van der Waals surface area contributed by atoms with Gasteiger partial charge in [0, 0.05) is 28.6 Å². The van der Waals surface area contributed by atoms with Crippen molar-refractivity contribution in [1.82, 2.24) is 9.38 Å². The summed E-state index contributed by atoms with van der Waals surface area (Å²) >= 11 is 0. The van der Waals surface area contributed by atoms with Gasteiger partial charge in [-0.2, -0.15) is 0 Å². The number of aryl methyl sites for hydroxylation is 1. The second-order valence-electron chi connectivity index (χ2n) is 6.66. The standard InChI is InChI=1S/C20H18N2/c1-11-8-9-14-12(2)13(3)17-10-21-20-16-7-5-4-6-15(16)18(11)19(14)22(17)20/h4-10,12-13H,1-3H3. The van der Waals surface area contributed by atoms with Gasteiger partial charge in [-0.15, -0.1) is 0 Å². The summed E-state index contributed by atoms with van der Waals surface area (Å²) in [7, 11) is 0. The van der Waals surface area contributed by atoms with Crippen molar-refractivity contribution < 1.29 is 0 Å². The van der Waals surface area contributed by atoms with Crippen molar-refractivity contribution in [3.05, 3.63) is 59.4 Å². The van der Waals surface area contributed by atoms with Crippen molar-refractivity contribution in [2.45, 2.75) is 32.6 Å². The van der Waals surface area contributed by atoms with E-state index in [1.165, 1.54) is 38.5 Å². The Morgan fingerprint density at radius 3 is 2.55 bits per heavy atom. The number of pyridine rings is 1. The van der Waals surface area contributed by atoms with E-state index in [0.29, 0.717) is 11.8 Å². The van der Waals surface area contributed by atoms with E-state index in [0.717, 1.165) is 5.65 Å². The second kappa shape index (κ2) is 3.89. The molecular formula is C20H18N2. The molecule has 5 rings (SSSR count). The summed E-state index contributed by atoms with van der Waals surface area (Å²) in [6.45, 7) is 6.88. The van der Waals surface area contributed by atoms with Crippen LogP contribution in [0.15, 0.2) is 42.6 Å². The first-order chi connectivity index (χ1) is 10.7. The smallest absolute Gasteiger partial charge is 0.145 e. The van der Waals surface area contributed by atoms with Gasteiger partial charge in [0.25, 0.3) is 0 Å². The number of hydrogen-bond donors (Lipinski definition) is 0. The van der Waals surface area contributed by atoms with Gasteiger partial charge in [-0.05, 0) is 29.4 Å². The van der Waals surface area contributed by atoms with Crippen LogP contribution in [-0.2, 0) is 0 Å². The molecule has 2 aromatic heterocycles. The van der Waals surface area contributed by atoms with Crippen molar-refractivity contribution in [1.29, 1.82) is 0 Å². The molecule has 0 spiro atoms. The minimum atomic E-state index is 0.495. The summed E-state index contributed by atoms with van der Waals surface area (Å²) in [4.78, 5) is 4.78. The zero-order valence-corrected chi connectivity index (χ0v) is 13.1. The van der Waals surface area contributed by atoms with E-state index in [4.69, 9.17) is 4.98 Å². The number of rotatable bonds is 0. The molecule has 0 amide bonds. The van der Waals surface area contributed by atoms with Gasteiger partial charge in [0.2, 0.25) is 0 Å². The Labute approximate surface area is 129 Å². The highest BCUT2D eigenvalue weighted by Crippen LogP contribution is 2.44. The lowest BCUT2D eigenvalue weighted by atomic mass is 9.82. The van der Waals surface area contributed by atoms with Gasteiger partial charge in [0.05, 0.1) is 5.52 Å². The molecular weight excluding hydrogens is 268 g/mol. The summed E-state index contributed by atoms with van der Waals surface area (Å²) in [5, 5.41) is 3.96. The molecule has 2 nitrogen and oxygen atoms in total. The Kier molecular flexibility index (Phi) is 2.16. The van der Waals surface area contributed by atoms with Crippen LogP contribution in [0.3, 0.4) is 0 Å². The molecule has 0 aliphatic carbocycles. The van der Waals surface area contributed by atoms with Gasteiger partial charge in [-0.1, -0.05) is 50.2 Å². The number of nitrogens with zero attached hydrogens (tertiary/aromatic N) is 2. The zero-order valence-electron chi connectivity index (χ0n) is 13.1. The van der Waals surface area contributed by atoms with Crippen molar-refractivity contribution in [2.24, 2.45) is 0 Å². The Bertz CT molecular complexity index is 1070. The van der Waals surface area contributed by atoms with Crippen molar-refractivity contribution in [3.8, 4) is 0 Å². The minimum absolute atomic E-state index is 0.495. The summed E-state index contributed by atoms with van der Waals surface area (Å²) in [6, 6.07) is 13.3. The highest BCUT2D eigenvalue weighted by atomic mass is 15.0. The summed E-state index contributed by atoms with van der Waals surface area (Å²) in [6.07, 6.45) is 2.08. The van der Waals surface area contributed by atoms with Crippen LogP contribution in [0, 0.1) is 6.92 Å². The number of benzene rings is 2. The van der Waals surface area contributed by atoms with E-state index in [1.54, 1.807) is 0 Å². The Balaban J connectivity index is 2.23. The fourth-order valence-electron chi connectivity index (χ4n) is 4.19. The maximum Gasteiger partial charge on any atom is 0.145 e. The van der Waals surface area contributed by atoms with Gasteiger partial charge in [-0.3, -0.25) is 4.40 Å². The first-order valence-electron chi connectivity index (χ1n) is 7.99. The van der Waals surface area contributed by atoms with E-state index in [2.05, 4.69) is 67.8 Å². The van der Waals surface area contributed by atoms with E-state index in [-0.39, 0.29) is 0 Å². The molecule has 0 radical (unpaired) electrons. The van der Waals surface area contributed by atoms with Gasteiger partial charge < -0.3 is 0 Å². The molecule has 2 atom stereocenters. The van der Waals surface area contributed by atoms with E-state index in [1.807, 2.05) is 0 Å². The monoisotopic (exact) mass is 286 g/mol. The van der Waals surface area contributed by atoms with Gasteiger partial charge >= 0.3 is 0 Å². The maximum atomic E-state index is 4.78. The van der Waals surface area contributed by atoms with Crippen LogP contribution in [0.1, 0.15) is 42.5 Å². The summed E-state index contributed by atoms with van der Waals surface area (Å²) in [5.74, 6) is 1.02. The topological polar surface area (TPSA) is 17.3 Å². The fraction of sp³-hybridized carbons (Fsp3) is 0.250. The molecule has 22 heavy (non-hydrogen) atoms. The van der Waals surface area contributed by atoms with Crippen LogP contribution in [0.2, 0.25) is 0 Å². The molecule has 108 valence electrons. The highest BCUT2D eigenvalue weighted by molar-refractivity contribution is 6.14. The molecule has 3 heterocycles. The molecule has 2 aromatic carbocycles. The van der Waals surface area contributed by atoms with Crippen LogP contribution < -0.4 is 0 Å². The second-order valence-corrected chi connectivity index (χ2v) is 6.66. The quantitative estimate of drug-likeness (QED) is 0.408. The molecule has 0 bridgehead atoms. The largest absolute Gasteiger partial charge is 0.296 e. The summed E-state index contributed by atoms with van der Waals surface area (Å²) in [5.41, 5.74) is 6.61. The van der Waals surface area contributed by atoms with Crippen LogP contribution >= 0.6 is 0 Å². The molecule has 0 saturated carbocycles. The van der Waals surface area contributed by atoms with Crippen LogP contribution in [-0.4, -0.2) is 9.38 Å². The number of imidazole rings is 1. The average molecular weight is 286 g/mol. The van der Waals surface area contributed by atoms with Crippen molar-refractivity contribution in [3.63, 3.8) is 0 Å².